The van der Waals surface area contributed by atoms with Crippen molar-refractivity contribution in [1.82, 2.24) is 15.5 Å². The molecule has 2 amide bonds. The van der Waals surface area contributed by atoms with Gasteiger partial charge in [0, 0.05) is 19.5 Å². The van der Waals surface area contributed by atoms with Gasteiger partial charge < -0.3 is 15.5 Å². The summed E-state index contributed by atoms with van der Waals surface area (Å²) in [4.78, 5) is 26.0. The van der Waals surface area contributed by atoms with E-state index in [4.69, 9.17) is 6.42 Å². The molecule has 19 heavy (non-hydrogen) atoms. The third-order valence-electron chi connectivity index (χ3n) is 3.43. The predicted molar refractivity (Wildman–Crippen MR) is 74.3 cm³/mol. The minimum Gasteiger partial charge on any atom is -0.342 e. The average molecular weight is 265 g/mol. The third-order valence-corrected chi connectivity index (χ3v) is 3.43. The molecule has 1 saturated heterocycles. The number of carbonyl (C=O) groups excluding carboxylic acids is 2. The van der Waals surface area contributed by atoms with Crippen molar-refractivity contribution in [2.75, 3.05) is 20.1 Å². The van der Waals surface area contributed by atoms with Crippen molar-refractivity contribution in [3.63, 3.8) is 0 Å². The molecule has 0 radical (unpaired) electrons. The summed E-state index contributed by atoms with van der Waals surface area (Å²) in [6, 6.07) is -0.885. The van der Waals surface area contributed by atoms with Gasteiger partial charge in [0.2, 0.25) is 11.8 Å². The standard InChI is InChI=1S/C14H23N3O2/c1-4-8-12(14(19)17-9-6-7-10-17)16-13(18)11(5-2)15-3/h1,11-12,15H,5-10H2,2-3H3,(H,16,18)/t11-,12-/m0/s1. The number of rotatable bonds is 6. The maximum Gasteiger partial charge on any atom is 0.246 e. The van der Waals surface area contributed by atoms with E-state index in [9.17, 15) is 9.59 Å². The van der Waals surface area contributed by atoms with E-state index >= 15 is 0 Å². The van der Waals surface area contributed by atoms with Crippen LogP contribution in [-0.4, -0.2) is 48.9 Å². The summed E-state index contributed by atoms with van der Waals surface area (Å²) >= 11 is 0. The van der Waals surface area contributed by atoms with Crippen LogP contribution in [0.5, 0.6) is 0 Å². The van der Waals surface area contributed by atoms with Gasteiger partial charge in [0.25, 0.3) is 0 Å². The van der Waals surface area contributed by atoms with Crippen LogP contribution >= 0.6 is 0 Å². The largest absolute Gasteiger partial charge is 0.342 e. The van der Waals surface area contributed by atoms with E-state index in [1.807, 2.05) is 6.92 Å². The first-order valence-electron chi connectivity index (χ1n) is 6.83. The van der Waals surface area contributed by atoms with Crippen LogP contribution < -0.4 is 10.6 Å². The second-order valence-electron chi connectivity index (χ2n) is 4.75. The summed E-state index contributed by atoms with van der Waals surface area (Å²) in [6.07, 6.45) is 8.25. The van der Waals surface area contributed by atoms with Gasteiger partial charge in [0.05, 0.1) is 6.04 Å². The number of terminal acetylenes is 1. The molecule has 106 valence electrons. The maximum atomic E-state index is 12.3. The molecule has 0 aromatic heterocycles. The molecule has 0 spiro atoms. The lowest BCUT2D eigenvalue weighted by atomic mass is 10.1. The summed E-state index contributed by atoms with van der Waals surface area (Å²) < 4.78 is 0. The van der Waals surface area contributed by atoms with Crippen LogP contribution in [0.3, 0.4) is 0 Å². The molecule has 5 heteroatoms. The van der Waals surface area contributed by atoms with Gasteiger partial charge in [-0.2, -0.15) is 0 Å². The molecule has 0 saturated carbocycles. The van der Waals surface area contributed by atoms with Crippen molar-refractivity contribution in [1.29, 1.82) is 0 Å². The van der Waals surface area contributed by atoms with E-state index in [1.165, 1.54) is 0 Å². The van der Waals surface area contributed by atoms with E-state index in [1.54, 1.807) is 11.9 Å². The summed E-state index contributed by atoms with van der Waals surface area (Å²) in [7, 11) is 1.73. The van der Waals surface area contributed by atoms with Crippen LogP contribution in [0, 0.1) is 12.3 Å². The highest BCUT2D eigenvalue weighted by atomic mass is 16.2. The number of carbonyl (C=O) groups is 2. The topological polar surface area (TPSA) is 61.4 Å². The first-order valence-corrected chi connectivity index (χ1v) is 6.83. The first-order chi connectivity index (χ1) is 9.13. The molecular formula is C14H23N3O2. The predicted octanol–water partition coefficient (Wildman–Crippen LogP) is 0.115. The fourth-order valence-electron chi connectivity index (χ4n) is 2.27. The quantitative estimate of drug-likeness (QED) is 0.670. The number of likely N-dealkylation sites (tertiary alicyclic amines) is 1. The monoisotopic (exact) mass is 265 g/mol. The first kappa shape index (κ1) is 15.5. The van der Waals surface area contributed by atoms with Crippen molar-refractivity contribution in [3.05, 3.63) is 0 Å². The fraction of sp³-hybridized carbons (Fsp3) is 0.714. The Morgan fingerprint density at radius 3 is 2.42 bits per heavy atom. The molecule has 5 nitrogen and oxygen atoms in total. The van der Waals surface area contributed by atoms with Crippen LogP contribution in [0.15, 0.2) is 0 Å². The zero-order chi connectivity index (χ0) is 14.3. The smallest absolute Gasteiger partial charge is 0.246 e. The number of likely N-dealkylation sites (N-methyl/N-ethyl adjacent to an activating group) is 1. The number of hydrogen-bond acceptors (Lipinski definition) is 3. The van der Waals surface area contributed by atoms with Gasteiger partial charge in [0.1, 0.15) is 6.04 Å². The van der Waals surface area contributed by atoms with Crippen LogP contribution in [-0.2, 0) is 9.59 Å². The lowest BCUT2D eigenvalue weighted by Gasteiger charge is -2.24. The van der Waals surface area contributed by atoms with Gasteiger partial charge >= 0.3 is 0 Å². The Kier molecular flexibility index (Phi) is 6.37. The molecule has 0 aliphatic carbocycles. The third kappa shape index (κ3) is 4.25. The Morgan fingerprint density at radius 2 is 1.95 bits per heavy atom. The van der Waals surface area contributed by atoms with Crippen molar-refractivity contribution in [2.45, 2.75) is 44.7 Å². The Balaban J connectivity index is 2.64. The van der Waals surface area contributed by atoms with Crippen molar-refractivity contribution >= 4 is 11.8 Å². The lowest BCUT2D eigenvalue weighted by Crippen LogP contribution is -2.52. The van der Waals surface area contributed by atoms with Crippen LogP contribution in [0.2, 0.25) is 0 Å². The van der Waals surface area contributed by atoms with Crippen molar-refractivity contribution in [3.8, 4) is 12.3 Å². The Hall–Kier alpha value is -1.54. The molecule has 2 atom stereocenters. The Bertz CT molecular complexity index is 352. The molecule has 0 aromatic carbocycles. The molecular weight excluding hydrogens is 242 g/mol. The minimum atomic E-state index is -0.599. The maximum absolute atomic E-state index is 12.3. The minimum absolute atomic E-state index is 0.0604. The SMILES string of the molecule is C#CC[C@H](NC(=O)[C@H](CC)NC)C(=O)N1CCCC1. The number of amides is 2. The lowest BCUT2D eigenvalue weighted by molar-refractivity contribution is -0.136. The number of hydrogen-bond donors (Lipinski definition) is 2. The molecule has 1 aliphatic rings. The van der Waals surface area contributed by atoms with E-state index in [-0.39, 0.29) is 24.3 Å². The molecule has 0 aromatic rings. The van der Waals surface area contributed by atoms with Crippen LogP contribution in [0.25, 0.3) is 0 Å². The summed E-state index contributed by atoms with van der Waals surface area (Å²) in [5, 5.41) is 5.68. The molecule has 2 N–H and O–H groups in total. The fourth-order valence-corrected chi connectivity index (χ4v) is 2.27. The summed E-state index contributed by atoms with van der Waals surface area (Å²) in [6.45, 7) is 3.44. The van der Waals surface area contributed by atoms with E-state index in [0.29, 0.717) is 6.42 Å². The van der Waals surface area contributed by atoms with Crippen LogP contribution in [0.1, 0.15) is 32.6 Å². The molecule has 0 bridgehead atoms. The molecule has 1 fully saturated rings. The van der Waals surface area contributed by atoms with E-state index in [2.05, 4.69) is 16.6 Å². The van der Waals surface area contributed by atoms with Gasteiger partial charge in [-0.15, -0.1) is 12.3 Å². The van der Waals surface area contributed by atoms with Gasteiger partial charge in [-0.1, -0.05) is 6.92 Å². The highest BCUT2D eigenvalue weighted by Gasteiger charge is 2.28. The molecule has 1 rings (SSSR count). The molecule has 1 heterocycles. The van der Waals surface area contributed by atoms with Gasteiger partial charge in [-0.3, -0.25) is 9.59 Å². The normalized spacial score (nSPS) is 17.6. The van der Waals surface area contributed by atoms with Gasteiger partial charge in [-0.05, 0) is 26.3 Å². The van der Waals surface area contributed by atoms with Gasteiger partial charge in [0.15, 0.2) is 0 Å². The van der Waals surface area contributed by atoms with E-state index < -0.39 is 6.04 Å². The molecule has 1 aliphatic heterocycles. The second kappa shape index (κ2) is 7.80. The number of nitrogens with one attached hydrogen (secondary N) is 2. The summed E-state index contributed by atoms with van der Waals surface area (Å²) in [5.74, 6) is 2.24. The zero-order valence-electron chi connectivity index (χ0n) is 11.7. The van der Waals surface area contributed by atoms with Gasteiger partial charge in [-0.25, -0.2) is 0 Å². The Labute approximate surface area is 115 Å². The van der Waals surface area contributed by atoms with Crippen LogP contribution in [0.4, 0.5) is 0 Å². The number of nitrogens with zero attached hydrogens (tertiary/aromatic N) is 1. The highest BCUT2D eigenvalue weighted by Crippen LogP contribution is 2.10. The van der Waals surface area contributed by atoms with E-state index in [0.717, 1.165) is 25.9 Å². The highest BCUT2D eigenvalue weighted by molar-refractivity contribution is 5.90. The molecule has 0 unspecified atom stereocenters. The average Bonchev–Trinajstić information content (AvgIpc) is 2.92. The van der Waals surface area contributed by atoms with Crippen molar-refractivity contribution < 1.29 is 9.59 Å². The van der Waals surface area contributed by atoms with Crippen molar-refractivity contribution in [2.24, 2.45) is 0 Å². The zero-order valence-corrected chi connectivity index (χ0v) is 11.7. The summed E-state index contributed by atoms with van der Waals surface area (Å²) in [5.41, 5.74) is 0. The Morgan fingerprint density at radius 1 is 1.32 bits per heavy atom. The second-order valence-corrected chi connectivity index (χ2v) is 4.75.